The lowest BCUT2D eigenvalue weighted by molar-refractivity contribution is 0.200. The molecule has 0 spiro atoms. The van der Waals surface area contributed by atoms with Crippen molar-refractivity contribution in [3.63, 3.8) is 0 Å². The summed E-state index contributed by atoms with van der Waals surface area (Å²) in [6.45, 7) is 0. The molecule has 1 aromatic heterocycles. The average molecular weight is 376 g/mol. The van der Waals surface area contributed by atoms with E-state index >= 15 is 0 Å². The largest absolute Gasteiger partial charge is 0.493 e. The lowest BCUT2D eigenvalue weighted by Gasteiger charge is -2.17. The van der Waals surface area contributed by atoms with Gasteiger partial charge >= 0.3 is 0 Å². The summed E-state index contributed by atoms with van der Waals surface area (Å²) in [5.74, 6) is 1.72. The summed E-state index contributed by atoms with van der Waals surface area (Å²) in [5.41, 5.74) is 2.59. The number of pyridine rings is 1. The van der Waals surface area contributed by atoms with Crippen LogP contribution in [0.1, 0.15) is 36.8 Å². The van der Waals surface area contributed by atoms with Crippen LogP contribution in [-0.4, -0.2) is 18.2 Å². The number of aryl methyl sites for hydroxylation is 2. The Labute approximate surface area is 168 Å². The van der Waals surface area contributed by atoms with Gasteiger partial charge in [0.05, 0.1) is 13.2 Å². The maximum absolute atomic E-state index is 6.16. The van der Waals surface area contributed by atoms with Crippen LogP contribution >= 0.6 is 0 Å². The second kappa shape index (κ2) is 11.1. The molecule has 4 rings (SSSR count). The number of nitrogens with zero attached hydrogens (tertiary/aromatic N) is 1. The van der Waals surface area contributed by atoms with E-state index < -0.39 is 0 Å². The van der Waals surface area contributed by atoms with Gasteiger partial charge in [0.15, 0.2) is 11.5 Å². The first-order chi connectivity index (χ1) is 13.8. The molecule has 1 saturated carbocycles. The number of hydrogen-bond acceptors (Lipinski definition) is 3. The second-order valence-corrected chi connectivity index (χ2v) is 7.02. The summed E-state index contributed by atoms with van der Waals surface area (Å²) in [7, 11) is 1.70. The minimum Gasteiger partial charge on any atom is -0.493 e. The van der Waals surface area contributed by atoms with Crippen LogP contribution in [0.15, 0.2) is 79.1 Å². The van der Waals surface area contributed by atoms with Crippen LogP contribution in [0.3, 0.4) is 0 Å². The molecule has 2 aromatic carbocycles. The molecule has 0 atom stereocenters. The highest BCUT2D eigenvalue weighted by Gasteiger charge is 2.18. The van der Waals surface area contributed by atoms with Gasteiger partial charge in [0.25, 0.3) is 0 Å². The summed E-state index contributed by atoms with van der Waals surface area (Å²) in [6, 6.07) is 22.4. The quantitative estimate of drug-likeness (QED) is 0.539. The predicted octanol–water partition coefficient (Wildman–Crippen LogP) is 5.88. The Hall–Kier alpha value is -2.81. The first-order valence-corrected chi connectivity index (χ1v) is 10.1. The van der Waals surface area contributed by atoms with Gasteiger partial charge in [-0.1, -0.05) is 42.5 Å². The molecule has 146 valence electrons. The number of benzene rings is 2. The highest BCUT2D eigenvalue weighted by Crippen LogP contribution is 2.32. The number of ether oxygens (including phenoxy) is 2. The van der Waals surface area contributed by atoms with Gasteiger partial charge in [-0.05, 0) is 73.9 Å². The van der Waals surface area contributed by atoms with E-state index in [2.05, 4.69) is 29.2 Å². The molecule has 1 fully saturated rings. The molecule has 1 aliphatic rings. The zero-order chi connectivity index (χ0) is 19.4. The van der Waals surface area contributed by atoms with Gasteiger partial charge in [-0.25, -0.2) is 0 Å². The van der Waals surface area contributed by atoms with Crippen molar-refractivity contribution in [3.05, 3.63) is 90.3 Å². The van der Waals surface area contributed by atoms with E-state index in [1.807, 2.05) is 54.9 Å². The molecule has 0 amide bonds. The van der Waals surface area contributed by atoms with Gasteiger partial charge in [-0.3, -0.25) is 4.98 Å². The lowest BCUT2D eigenvalue weighted by Crippen LogP contribution is -2.11. The van der Waals surface area contributed by atoms with Crippen LogP contribution in [0, 0.1) is 0 Å². The fraction of sp³-hybridized carbons (Fsp3) is 0.320. The molecule has 28 heavy (non-hydrogen) atoms. The topological polar surface area (TPSA) is 31.4 Å². The number of hydrogen-bond donors (Lipinski definition) is 0. The minimum absolute atomic E-state index is 0.351. The first kappa shape index (κ1) is 19.9. The lowest BCUT2D eigenvalue weighted by atomic mass is 10.0. The third-order valence-corrected chi connectivity index (χ3v) is 4.94. The minimum atomic E-state index is 0.351. The Morgan fingerprint density at radius 3 is 2.00 bits per heavy atom. The van der Waals surface area contributed by atoms with E-state index in [-0.39, 0.29) is 0 Å². The summed E-state index contributed by atoms with van der Waals surface area (Å²) in [4.78, 5) is 4.06. The molecule has 3 heteroatoms. The van der Waals surface area contributed by atoms with Gasteiger partial charge in [-0.2, -0.15) is 0 Å². The molecule has 0 unspecified atom stereocenters. The number of aromatic nitrogens is 1. The second-order valence-electron chi connectivity index (χ2n) is 7.02. The summed E-state index contributed by atoms with van der Waals surface area (Å²) in [6.07, 6.45) is 10.9. The monoisotopic (exact) mass is 375 g/mol. The Bertz CT molecular complexity index is 773. The van der Waals surface area contributed by atoms with Crippen LogP contribution in [0.5, 0.6) is 11.5 Å². The van der Waals surface area contributed by atoms with Crippen LogP contribution in [0.2, 0.25) is 0 Å². The van der Waals surface area contributed by atoms with Crippen molar-refractivity contribution >= 4 is 0 Å². The molecule has 1 aliphatic carbocycles. The Balaban J connectivity index is 0.000000320. The van der Waals surface area contributed by atoms with E-state index in [1.165, 1.54) is 24.0 Å². The van der Waals surface area contributed by atoms with Crippen LogP contribution in [0.4, 0.5) is 0 Å². The zero-order valence-corrected chi connectivity index (χ0v) is 16.6. The van der Waals surface area contributed by atoms with Crippen LogP contribution in [0.25, 0.3) is 0 Å². The predicted molar refractivity (Wildman–Crippen MR) is 114 cm³/mol. The summed E-state index contributed by atoms with van der Waals surface area (Å²) >= 11 is 0. The molecule has 0 bridgehead atoms. The van der Waals surface area contributed by atoms with Crippen molar-refractivity contribution in [2.45, 2.75) is 44.6 Å². The molecule has 3 nitrogen and oxygen atoms in total. The van der Waals surface area contributed by atoms with Crippen molar-refractivity contribution in [1.82, 2.24) is 4.98 Å². The smallest absolute Gasteiger partial charge is 0.161 e. The third-order valence-electron chi connectivity index (χ3n) is 4.94. The van der Waals surface area contributed by atoms with Crippen molar-refractivity contribution in [1.29, 1.82) is 0 Å². The molecular formula is C25H29NO2. The highest BCUT2D eigenvalue weighted by atomic mass is 16.5. The van der Waals surface area contributed by atoms with Crippen LogP contribution in [-0.2, 0) is 12.8 Å². The first-order valence-electron chi connectivity index (χ1n) is 10.1. The van der Waals surface area contributed by atoms with E-state index in [0.29, 0.717) is 6.10 Å². The van der Waals surface area contributed by atoms with Gasteiger partial charge in [0, 0.05) is 12.4 Å². The Morgan fingerprint density at radius 2 is 1.39 bits per heavy atom. The van der Waals surface area contributed by atoms with Gasteiger partial charge in [0.1, 0.15) is 0 Å². The Kier molecular flexibility index (Phi) is 7.92. The van der Waals surface area contributed by atoms with Crippen molar-refractivity contribution in [2.75, 3.05) is 7.11 Å². The number of rotatable bonds is 6. The fourth-order valence-electron chi connectivity index (χ4n) is 3.38. The molecule has 0 N–H and O–H groups in total. The van der Waals surface area contributed by atoms with E-state index in [1.54, 1.807) is 7.11 Å². The standard InChI is InChI=1S/C19H23NO2.C6H6/c1-21-18-9-8-16(7-6-15-10-12-20-13-11-15)14-19(18)22-17-4-2-3-5-17;1-2-4-6-5-3-1/h8-14,17H,2-7H2,1H3;1-6H. The summed E-state index contributed by atoms with van der Waals surface area (Å²) < 4.78 is 11.6. The van der Waals surface area contributed by atoms with E-state index in [0.717, 1.165) is 37.2 Å². The molecule has 0 radical (unpaired) electrons. The molecule has 0 saturated heterocycles. The highest BCUT2D eigenvalue weighted by molar-refractivity contribution is 5.43. The van der Waals surface area contributed by atoms with Crippen molar-refractivity contribution in [3.8, 4) is 11.5 Å². The maximum atomic E-state index is 6.16. The van der Waals surface area contributed by atoms with Gasteiger partial charge in [0.2, 0.25) is 0 Å². The normalized spacial score (nSPS) is 13.5. The average Bonchev–Trinajstić information content (AvgIpc) is 3.28. The van der Waals surface area contributed by atoms with Crippen LogP contribution < -0.4 is 9.47 Å². The van der Waals surface area contributed by atoms with E-state index in [9.17, 15) is 0 Å². The van der Waals surface area contributed by atoms with Gasteiger partial charge < -0.3 is 9.47 Å². The SMILES string of the molecule is COc1ccc(CCc2ccncc2)cc1OC1CCCC1.c1ccccc1. The van der Waals surface area contributed by atoms with Crippen molar-refractivity contribution in [2.24, 2.45) is 0 Å². The molecule has 1 heterocycles. The third kappa shape index (κ3) is 6.41. The molecular weight excluding hydrogens is 346 g/mol. The number of methoxy groups -OCH3 is 1. The van der Waals surface area contributed by atoms with Crippen molar-refractivity contribution < 1.29 is 9.47 Å². The van der Waals surface area contributed by atoms with E-state index in [4.69, 9.17) is 9.47 Å². The molecule has 0 aliphatic heterocycles. The Morgan fingerprint density at radius 1 is 0.786 bits per heavy atom. The van der Waals surface area contributed by atoms with Gasteiger partial charge in [-0.15, -0.1) is 0 Å². The summed E-state index contributed by atoms with van der Waals surface area (Å²) in [5, 5.41) is 0. The maximum Gasteiger partial charge on any atom is 0.161 e. The zero-order valence-electron chi connectivity index (χ0n) is 16.6. The molecule has 3 aromatic rings. The fourth-order valence-corrected chi connectivity index (χ4v) is 3.38.